The maximum absolute atomic E-state index is 11.8. The third-order valence-corrected chi connectivity index (χ3v) is 4.48. The van der Waals surface area contributed by atoms with E-state index in [1.54, 1.807) is 18.2 Å². The first-order chi connectivity index (χ1) is 10.9. The predicted octanol–water partition coefficient (Wildman–Crippen LogP) is 4.05. The van der Waals surface area contributed by atoms with E-state index >= 15 is 0 Å². The summed E-state index contributed by atoms with van der Waals surface area (Å²) in [6.45, 7) is 4.08. The van der Waals surface area contributed by atoms with E-state index in [1.165, 1.54) is 0 Å². The molecule has 0 aromatic heterocycles. The minimum Gasteiger partial charge on any atom is -0.388 e. The molecule has 0 saturated heterocycles. The first kappa shape index (κ1) is 17.9. The maximum atomic E-state index is 11.8. The number of anilines is 1. The van der Waals surface area contributed by atoms with Crippen molar-refractivity contribution in [3.8, 4) is 0 Å². The summed E-state index contributed by atoms with van der Waals surface area (Å²) in [5, 5.41) is 7.09. The van der Waals surface area contributed by atoms with Gasteiger partial charge in [-0.25, -0.2) is 4.21 Å². The van der Waals surface area contributed by atoms with Crippen LogP contribution < -0.4 is 10.6 Å². The fraction of sp³-hybridized carbons (Fsp3) is 0.294. The van der Waals surface area contributed by atoms with Gasteiger partial charge in [0.25, 0.3) is 0 Å². The lowest BCUT2D eigenvalue weighted by Crippen LogP contribution is -2.30. The van der Waals surface area contributed by atoms with Crippen LogP contribution in [0.15, 0.2) is 47.4 Å². The van der Waals surface area contributed by atoms with Gasteiger partial charge >= 0.3 is 0 Å². The second-order valence-corrected chi connectivity index (χ2v) is 6.90. The quantitative estimate of drug-likeness (QED) is 0.686. The number of para-hydroxylation sites is 1. The molecule has 0 spiro atoms. The number of nitrogens with one attached hydrogen (secondary N) is 2. The summed E-state index contributed by atoms with van der Waals surface area (Å²) >= 11 is 3.88. The van der Waals surface area contributed by atoms with Gasteiger partial charge in [0.05, 0.1) is 10.9 Å². The van der Waals surface area contributed by atoms with Crippen LogP contribution in [-0.2, 0) is 11.1 Å². The van der Waals surface area contributed by atoms with Crippen molar-refractivity contribution in [1.82, 2.24) is 5.32 Å². The van der Waals surface area contributed by atoms with Crippen molar-refractivity contribution >= 4 is 28.4 Å². The third-order valence-electron chi connectivity index (χ3n) is 3.52. The molecular formula is C17H21ClN2O2S. The Hall–Kier alpha value is -1.40. The van der Waals surface area contributed by atoms with Gasteiger partial charge in [0.15, 0.2) is 11.1 Å². The molecule has 2 aromatic carbocycles. The molecule has 6 heteroatoms. The van der Waals surface area contributed by atoms with Crippen molar-refractivity contribution < 1.29 is 8.76 Å². The van der Waals surface area contributed by atoms with Crippen LogP contribution in [0.4, 0.5) is 5.69 Å². The molecule has 0 heterocycles. The molecule has 3 N–H and O–H groups in total. The third kappa shape index (κ3) is 4.32. The molecule has 0 aliphatic carbocycles. The van der Waals surface area contributed by atoms with Gasteiger partial charge in [0.1, 0.15) is 0 Å². The Labute approximate surface area is 144 Å². The van der Waals surface area contributed by atoms with Gasteiger partial charge in [-0.3, -0.25) is 0 Å². The fourth-order valence-corrected chi connectivity index (χ4v) is 3.41. The molecule has 0 radical (unpaired) electrons. The lowest BCUT2D eigenvalue weighted by Gasteiger charge is -2.26. The van der Waals surface area contributed by atoms with Crippen LogP contribution in [0.25, 0.3) is 0 Å². The van der Waals surface area contributed by atoms with E-state index in [-0.39, 0.29) is 12.1 Å². The smallest absolute Gasteiger partial charge is 0.186 e. The van der Waals surface area contributed by atoms with Gasteiger partial charge in [-0.05, 0) is 43.2 Å². The Balaban J connectivity index is 2.62. The molecular weight excluding hydrogens is 332 g/mol. The highest BCUT2D eigenvalue weighted by atomic mass is 35.5. The van der Waals surface area contributed by atoms with Gasteiger partial charge in [0.2, 0.25) is 0 Å². The molecule has 0 fully saturated rings. The highest BCUT2D eigenvalue weighted by Gasteiger charge is 2.22. The highest BCUT2D eigenvalue weighted by Crippen LogP contribution is 2.33. The molecule has 2 aromatic rings. The zero-order valence-corrected chi connectivity index (χ0v) is 14.9. The van der Waals surface area contributed by atoms with Crippen LogP contribution in [0.5, 0.6) is 0 Å². The van der Waals surface area contributed by atoms with Crippen LogP contribution in [0.3, 0.4) is 0 Å². The van der Waals surface area contributed by atoms with Gasteiger partial charge in [-0.15, -0.1) is 0 Å². The molecule has 2 rings (SSSR count). The SMILES string of the molecule is CNc1ccccc1C(NC(C)C)c1ccc(Cl)cc1S(=O)O. The Bertz CT molecular complexity index is 707. The minimum absolute atomic E-state index is 0.195. The average Bonchev–Trinajstić information content (AvgIpc) is 2.52. The molecule has 0 aliphatic heterocycles. The molecule has 0 amide bonds. The van der Waals surface area contributed by atoms with E-state index in [0.717, 1.165) is 16.8 Å². The van der Waals surface area contributed by atoms with Crippen molar-refractivity contribution in [1.29, 1.82) is 0 Å². The normalized spacial score (nSPS) is 13.8. The monoisotopic (exact) mass is 352 g/mol. The van der Waals surface area contributed by atoms with E-state index in [2.05, 4.69) is 10.6 Å². The molecule has 0 aliphatic rings. The largest absolute Gasteiger partial charge is 0.388 e. The second-order valence-electron chi connectivity index (χ2n) is 5.52. The lowest BCUT2D eigenvalue weighted by molar-refractivity contribution is 0.518. The summed E-state index contributed by atoms with van der Waals surface area (Å²) in [6, 6.07) is 13.0. The average molecular weight is 353 g/mol. The summed E-state index contributed by atoms with van der Waals surface area (Å²) in [7, 11) is 1.86. The Morgan fingerprint density at radius 2 is 1.83 bits per heavy atom. The summed E-state index contributed by atoms with van der Waals surface area (Å²) in [6.07, 6.45) is 0. The van der Waals surface area contributed by atoms with Crippen LogP contribution in [-0.4, -0.2) is 21.9 Å². The zero-order chi connectivity index (χ0) is 17.0. The maximum Gasteiger partial charge on any atom is 0.186 e. The van der Waals surface area contributed by atoms with Crippen LogP contribution >= 0.6 is 11.6 Å². The molecule has 2 atom stereocenters. The standard InChI is InChI=1S/C17H21ClN2O2S/c1-11(2)20-17(13-6-4-5-7-15(13)19-3)14-9-8-12(18)10-16(14)23(21)22/h4-11,17,19-20H,1-3H3,(H,21,22). The van der Waals surface area contributed by atoms with E-state index in [1.807, 2.05) is 45.2 Å². The van der Waals surface area contributed by atoms with Gasteiger partial charge in [-0.1, -0.05) is 35.9 Å². The highest BCUT2D eigenvalue weighted by molar-refractivity contribution is 7.79. The summed E-state index contributed by atoms with van der Waals surface area (Å²) in [4.78, 5) is 0.321. The van der Waals surface area contributed by atoms with E-state index in [9.17, 15) is 8.76 Å². The number of halogens is 1. The number of hydrogen-bond acceptors (Lipinski definition) is 3. The van der Waals surface area contributed by atoms with E-state index < -0.39 is 11.1 Å². The zero-order valence-electron chi connectivity index (χ0n) is 13.3. The number of benzene rings is 2. The molecule has 0 saturated carbocycles. The summed E-state index contributed by atoms with van der Waals surface area (Å²) < 4.78 is 21.4. The molecule has 23 heavy (non-hydrogen) atoms. The number of rotatable bonds is 6. The summed E-state index contributed by atoms with van der Waals surface area (Å²) in [5.74, 6) is 0. The second kappa shape index (κ2) is 7.93. The van der Waals surface area contributed by atoms with Gasteiger partial charge < -0.3 is 15.2 Å². The Morgan fingerprint density at radius 3 is 2.43 bits per heavy atom. The molecule has 2 unspecified atom stereocenters. The van der Waals surface area contributed by atoms with Crippen molar-refractivity contribution in [2.75, 3.05) is 12.4 Å². The van der Waals surface area contributed by atoms with Crippen molar-refractivity contribution in [2.45, 2.75) is 30.8 Å². The van der Waals surface area contributed by atoms with Crippen molar-refractivity contribution in [3.63, 3.8) is 0 Å². The number of hydrogen-bond donors (Lipinski definition) is 3. The predicted molar refractivity (Wildman–Crippen MR) is 96.6 cm³/mol. The fourth-order valence-electron chi connectivity index (χ4n) is 2.55. The first-order valence-electron chi connectivity index (χ1n) is 7.37. The van der Waals surface area contributed by atoms with Crippen molar-refractivity contribution in [2.24, 2.45) is 0 Å². The van der Waals surface area contributed by atoms with Gasteiger partial charge in [0, 0.05) is 23.8 Å². The van der Waals surface area contributed by atoms with E-state index in [0.29, 0.717) is 9.92 Å². The topological polar surface area (TPSA) is 61.4 Å². The first-order valence-corrected chi connectivity index (χ1v) is 8.85. The van der Waals surface area contributed by atoms with Gasteiger partial charge in [-0.2, -0.15) is 0 Å². The van der Waals surface area contributed by atoms with E-state index in [4.69, 9.17) is 11.6 Å². The molecule has 4 nitrogen and oxygen atoms in total. The summed E-state index contributed by atoms with van der Waals surface area (Å²) in [5.41, 5.74) is 2.72. The van der Waals surface area contributed by atoms with Crippen LogP contribution in [0, 0.1) is 0 Å². The molecule has 0 bridgehead atoms. The Kier molecular flexibility index (Phi) is 6.18. The molecule has 124 valence electrons. The lowest BCUT2D eigenvalue weighted by atomic mass is 9.96. The van der Waals surface area contributed by atoms with Crippen LogP contribution in [0.2, 0.25) is 5.02 Å². The van der Waals surface area contributed by atoms with Crippen LogP contribution in [0.1, 0.15) is 31.0 Å². The Morgan fingerprint density at radius 1 is 1.13 bits per heavy atom. The van der Waals surface area contributed by atoms with Crippen molar-refractivity contribution in [3.05, 3.63) is 58.6 Å². The minimum atomic E-state index is -2.11.